The van der Waals surface area contributed by atoms with Gasteiger partial charge in [-0.2, -0.15) is 4.31 Å². The first-order chi connectivity index (χ1) is 15.3. The maximum Gasteiger partial charge on any atom is 0.257 e. The minimum atomic E-state index is -3.82. The topological polar surface area (TPSA) is 92.3 Å². The van der Waals surface area contributed by atoms with Crippen molar-refractivity contribution in [1.29, 1.82) is 0 Å². The highest BCUT2D eigenvalue weighted by Crippen LogP contribution is 2.30. The van der Waals surface area contributed by atoms with Crippen molar-refractivity contribution in [3.05, 3.63) is 69.7 Å². The van der Waals surface area contributed by atoms with Crippen molar-refractivity contribution in [3.63, 3.8) is 0 Å². The van der Waals surface area contributed by atoms with E-state index in [1.165, 1.54) is 39.4 Å². The molecule has 1 aliphatic heterocycles. The molecule has 1 amide bonds. The summed E-state index contributed by atoms with van der Waals surface area (Å²) in [5.74, 6) is -0.0253. The van der Waals surface area contributed by atoms with Gasteiger partial charge in [0, 0.05) is 18.7 Å². The van der Waals surface area contributed by atoms with Gasteiger partial charge in [0.25, 0.3) is 5.91 Å². The minimum absolute atomic E-state index is 0.0539. The van der Waals surface area contributed by atoms with Crippen LogP contribution >= 0.6 is 22.9 Å². The Morgan fingerprint density at radius 1 is 1.16 bits per heavy atom. The smallest absolute Gasteiger partial charge is 0.257 e. The van der Waals surface area contributed by atoms with E-state index in [0.29, 0.717) is 24.1 Å². The number of anilines is 1. The Hall–Kier alpha value is -2.33. The van der Waals surface area contributed by atoms with Crippen molar-refractivity contribution in [2.45, 2.75) is 31.1 Å². The Morgan fingerprint density at radius 2 is 1.88 bits per heavy atom. The molecule has 0 spiro atoms. The lowest BCUT2D eigenvalue weighted by atomic mass is 9.91. The number of piperidine rings is 1. The molecule has 1 fully saturated rings. The number of nitrogens with one attached hydrogen (secondary N) is 1. The van der Waals surface area contributed by atoms with Gasteiger partial charge < -0.3 is 0 Å². The van der Waals surface area contributed by atoms with E-state index >= 15 is 0 Å². The van der Waals surface area contributed by atoms with Crippen LogP contribution in [-0.2, 0) is 16.4 Å². The number of rotatable bonds is 6. The monoisotopic (exact) mass is 490 g/mol. The van der Waals surface area contributed by atoms with Crippen LogP contribution in [0.2, 0.25) is 5.02 Å². The molecule has 10 heteroatoms. The number of aromatic nitrogens is 2. The number of hydrogen-bond donors (Lipinski definition) is 1. The van der Waals surface area contributed by atoms with E-state index in [1.54, 1.807) is 6.92 Å². The van der Waals surface area contributed by atoms with Crippen LogP contribution in [0.15, 0.2) is 53.4 Å². The zero-order chi connectivity index (χ0) is 22.7. The van der Waals surface area contributed by atoms with Crippen LogP contribution in [-0.4, -0.2) is 41.9 Å². The van der Waals surface area contributed by atoms with Crippen molar-refractivity contribution in [3.8, 4) is 0 Å². The van der Waals surface area contributed by atoms with Gasteiger partial charge in [-0.3, -0.25) is 10.1 Å². The normalized spacial score (nSPS) is 15.6. The first-order valence-electron chi connectivity index (χ1n) is 10.3. The Labute approximate surface area is 196 Å². The third-order valence-electron chi connectivity index (χ3n) is 5.50. The van der Waals surface area contributed by atoms with E-state index in [-0.39, 0.29) is 15.5 Å². The predicted octanol–water partition coefficient (Wildman–Crippen LogP) is 4.40. The molecule has 0 radical (unpaired) electrons. The van der Waals surface area contributed by atoms with Gasteiger partial charge in [-0.15, -0.1) is 10.2 Å². The molecule has 2 heterocycles. The summed E-state index contributed by atoms with van der Waals surface area (Å²) in [7, 11) is -3.82. The van der Waals surface area contributed by atoms with E-state index in [0.717, 1.165) is 24.3 Å². The van der Waals surface area contributed by atoms with Gasteiger partial charge in [-0.1, -0.05) is 53.3 Å². The van der Waals surface area contributed by atoms with Gasteiger partial charge in [0.15, 0.2) is 0 Å². The lowest BCUT2D eigenvalue weighted by Gasteiger charge is -2.31. The summed E-state index contributed by atoms with van der Waals surface area (Å²) in [6.45, 7) is 2.64. The molecule has 1 saturated heterocycles. The second-order valence-electron chi connectivity index (χ2n) is 7.76. The molecule has 3 aromatic rings. The second kappa shape index (κ2) is 9.66. The van der Waals surface area contributed by atoms with Crippen LogP contribution in [0.3, 0.4) is 0 Å². The fourth-order valence-corrected chi connectivity index (χ4v) is 6.36. The second-order valence-corrected chi connectivity index (χ2v) is 11.3. The van der Waals surface area contributed by atoms with E-state index in [4.69, 9.17) is 11.6 Å². The lowest BCUT2D eigenvalue weighted by Crippen LogP contribution is -2.39. The van der Waals surface area contributed by atoms with Crippen molar-refractivity contribution < 1.29 is 13.2 Å². The Bertz CT molecular complexity index is 1210. The maximum atomic E-state index is 13.3. The highest BCUT2D eigenvalue weighted by molar-refractivity contribution is 7.89. The molecule has 0 bridgehead atoms. The minimum Gasteiger partial charge on any atom is -0.296 e. The molecule has 1 aromatic heterocycles. The molecule has 0 saturated carbocycles. The number of aryl methyl sites for hydroxylation is 1. The Kier molecular flexibility index (Phi) is 6.90. The quantitative estimate of drug-likeness (QED) is 0.553. The summed E-state index contributed by atoms with van der Waals surface area (Å²) >= 11 is 7.49. The number of sulfonamides is 1. The van der Waals surface area contributed by atoms with E-state index in [2.05, 4.69) is 27.6 Å². The third kappa shape index (κ3) is 5.17. The summed E-state index contributed by atoms with van der Waals surface area (Å²) in [6, 6.07) is 14.5. The van der Waals surface area contributed by atoms with Crippen LogP contribution in [0, 0.1) is 12.8 Å². The number of amides is 1. The summed E-state index contributed by atoms with van der Waals surface area (Å²) in [4.78, 5) is 12.5. The van der Waals surface area contributed by atoms with Gasteiger partial charge in [-0.25, -0.2) is 8.42 Å². The van der Waals surface area contributed by atoms with Gasteiger partial charge >= 0.3 is 0 Å². The molecule has 7 nitrogen and oxygen atoms in total. The maximum absolute atomic E-state index is 13.3. The zero-order valence-corrected chi connectivity index (χ0v) is 19.9. The van der Waals surface area contributed by atoms with Gasteiger partial charge in [0.1, 0.15) is 9.90 Å². The SMILES string of the molecule is Cc1nnc(NC(=O)c2ccc(Cl)c(S(=O)(=O)N3CCC(Cc4ccccc4)CC3)c2)s1. The van der Waals surface area contributed by atoms with Crippen LogP contribution < -0.4 is 5.32 Å². The van der Waals surface area contributed by atoms with Crippen molar-refractivity contribution in [1.82, 2.24) is 14.5 Å². The molecule has 168 valence electrons. The van der Waals surface area contributed by atoms with Gasteiger partial charge in [0.05, 0.1) is 5.02 Å². The van der Waals surface area contributed by atoms with Gasteiger partial charge in [-0.05, 0) is 55.9 Å². The fourth-order valence-electron chi connectivity index (χ4n) is 3.80. The van der Waals surface area contributed by atoms with E-state index in [1.807, 2.05) is 18.2 Å². The van der Waals surface area contributed by atoms with Gasteiger partial charge in [0.2, 0.25) is 15.2 Å². The molecule has 0 unspecified atom stereocenters. The highest BCUT2D eigenvalue weighted by Gasteiger charge is 2.31. The standard InChI is InChI=1S/C22H23ClN4O3S2/c1-15-25-26-22(31-15)24-21(28)18-7-8-19(23)20(14-18)32(29,30)27-11-9-17(10-12-27)13-16-5-3-2-4-6-16/h2-8,14,17H,9-13H2,1H3,(H,24,26,28). The number of benzene rings is 2. The van der Waals surface area contributed by atoms with Crippen LogP contribution in [0.1, 0.15) is 33.8 Å². The van der Waals surface area contributed by atoms with Crippen LogP contribution in [0.25, 0.3) is 0 Å². The average Bonchev–Trinajstić information content (AvgIpc) is 3.19. The summed E-state index contributed by atoms with van der Waals surface area (Å²) in [6.07, 6.45) is 2.50. The summed E-state index contributed by atoms with van der Waals surface area (Å²) in [5.41, 5.74) is 1.46. The zero-order valence-electron chi connectivity index (χ0n) is 17.5. The Balaban J connectivity index is 1.46. The molecule has 1 aliphatic rings. The van der Waals surface area contributed by atoms with Crippen molar-refractivity contribution >= 4 is 44.0 Å². The molecular weight excluding hydrogens is 468 g/mol. The first-order valence-corrected chi connectivity index (χ1v) is 12.9. The van der Waals surface area contributed by atoms with Crippen LogP contribution in [0.4, 0.5) is 5.13 Å². The number of nitrogens with zero attached hydrogens (tertiary/aromatic N) is 3. The third-order valence-corrected chi connectivity index (χ3v) is 8.63. The predicted molar refractivity (Wildman–Crippen MR) is 126 cm³/mol. The molecule has 0 aliphatic carbocycles. The fraction of sp³-hybridized carbons (Fsp3) is 0.318. The lowest BCUT2D eigenvalue weighted by molar-refractivity contribution is 0.102. The molecule has 0 atom stereocenters. The highest BCUT2D eigenvalue weighted by atomic mass is 35.5. The number of carbonyl (C=O) groups excluding carboxylic acids is 1. The van der Waals surface area contributed by atoms with Crippen molar-refractivity contribution in [2.24, 2.45) is 5.92 Å². The van der Waals surface area contributed by atoms with Crippen molar-refractivity contribution in [2.75, 3.05) is 18.4 Å². The molecule has 1 N–H and O–H groups in total. The Morgan fingerprint density at radius 3 is 2.53 bits per heavy atom. The first kappa shape index (κ1) is 22.8. The van der Waals surface area contributed by atoms with Crippen LogP contribution in [0.5, 0.6) is 0 Å². The number of halogens is 1. The molecular formula is C22H23ClN4O3S2. The van der Waals surface area contributed by atoms with E-state index < -0.39 is 15.9 Å². The number of carbonyl (C=O) groups is 1. The summed E-state index contributed by atoms with van der Waals surface area (Å²) < 4.78 is 28.1. The molecule has 32 heavy (non-hydrogen) atoms. The summed E-state index contributed by atoms with van der Waals surface area (Å²) in [5, 5.41) is 11.5. The molecule has 4 rings (SSSR count). The number of hydrogen-bond acceptors (Lipinski definition) is 6. The average molecular weight is 491 g/mol. The largest absolute Gasteiger partial charge is 0.296 e. The molecule has 2 aromatic carbocycles. The van der Waals surface area contributed by atoms with E-state index in [9.17, 15) is 13.2 Å².